The van der Waals surface area contributed by atoms with E-state index < -0.39 is 0 Å². The molecule has 0 aliphatic heterocycles. The fourth-order valence-electron chi connectivity index (χ4n) is 2.21. The van der Waals surface area contributed by atoms with Crippen LogP contribution in [0.5, 0.6) is 0 Å². The van der Waals surface area contributed by atoms with Crippen LogP contribution in [0.15, 0.2) is 59.4 Å². The molecule has 1 heterocycles. The van der Waals surface area contributed by atoms with Crippen LogP contribution in [-0.2, 0) is 0 Å². The van der Waals surface area contributed by atoms with Gasteiger partial charge in [0.25, 0.3) is 5.56 Å². The molecule has 0 radical (unpaired) electrons. The normalized spacial score (nSPS) is 10.7. The van der Waals surface area contributed by atoms with E-state index in [1.165, 1.54) is 0 Å². The highest BCUT2D eigenvalue weighted by Crippen LogP contribution is 2.21. The van der Waals surface area contributed by atoms with Crippen LogP contribution < -0.4 is 5.56 Å². The van der Waals surface area contributed by atoms with Crippen LogP contribution in [-0.4, -0.2) is 4.98 Å². The van der Waals surface area contributed by atoms with Crippen LogP contribution in [0.3, 0.4) is 0 Å². The summed E-state index contributed by atoms with van der Waals surface area (Å²) in [6, 6.07) is 17.7. The zero-order chi connectivity index (χ0) is 12.5. The lowest BCUT2D eigenvalue weighted by atomic mass is 10.0. The number of hydrogen-bond acceptors (Lipinski definition) is 1. The summed E-state index contributed by atoms with van der Waals surface area (Å²) in [5.74, 6) is 0. The first-order valence-electron chi connectivity index (χ1n) is 5.94. The molecule has 88 valence electrons. The first-order chi connectivity index (χ1) is 8.75. The predicted molar refractivity (Wildman–Crippen MR) is 74.7 cm³/mol. The fraction of sp³-hybridized carbons (Fsp3) is 0.0625. The lowest BCUT2D eigenvalue weighted by Gasteiger charge is -2.05. The van der Waals surface area contributed by atoms with Crippen molar-refractivity contribution in [1.82, 2.24) is 4.98 Å². The molecule has 0 aliphatic carbocycles. The van der Waals surface area contributed by atoms with Crippen LogP contribution >= 0.6 is 0 Å². The number of aromatic amines is 1. The molecular formula is C16H13NO. The van der Waals surface area contributed by atoms with Crippen molar-refractivity contribution < 1.29 is 0 Å². The third-order valence-electron chi connectivity index (χ3n) is 3.19. The van der Waals surface area contributed by atoms with Gasteiger partial charge in [-0.1, -0.05) is 42.5 Å². The van der Waals surface area contributed by atoms with Gasteiger partial charge < -0.3 is 4.98 Å². The molecular weight excluding hydrogens is 222 g/mol. The fourth-order valence-corrected chi connectivity index (χ4v) is 2.21. The number of nitrogens with one attached hydrogen (secondary N) is 1. The maximum Gasteiger partial charge on any atom is 0.256 e. The van der Waals surface area contributed by atoms with Gasteiger partial charge >= 0.3 is 0 Å². The van der Waals surface area contributed by atoms with Crippen LogP contribution in [0.4, 0.5) is 0 Å². The number of H-pyrrole nitrogens is 1. The molecule has 0 atom stereocenters. The van der Waals surface area contributed by atoms with Gasteiger partial charge in [-0.3, -0.25) is 4.79 Å². The van der Waals surface area contributed by atoms with Crippen LogP contribution in [0.2, 0.25) is 0 Å². The predicted octanol–water partition coefficient (Wildman–Crippen LogP) is 3.50. The lowest BCUT2D eigenvalue weighted by molar-refractivity contribution is 1.27. The maximum atomic E-state index is 12.1. The average molecular weight is 235 g/mol. The molecule has 2 nitrogen and oxygen atoms in total. The van der Waals surface area contributed by atoms with E-state index in [1.54, 1.807) is 0 Å². The van der Waals surface area contributed by atoms with Gasteiger partial charge in [-0.05, 0) is 35.6 Å². The Balaban J connectivity index is 2.34. The molecule has 0 unspecified atom stereocenters. The smallest absolute Gasteiger partial charge is 0.256 e. The minimum atomic E-state index is -0.0324. The Bertz CT molecular complexity index is 757. The van der Waals surface area contributed by atoms with Crippen molar-refractivity contribution in [3.63, 3.8) is 0 Å². The largest absolute Gasteiger partial charge is 0.321 e. The number of aryl methyl sites for hydroxylation is 1. The molecule has 0 aliphatic rings. The highest BCUT2D eigenvalue weighted by molar-refractivity contribution is 5.87. The summed E-state index contributed by atoms with van der Waals surface area (Å²) in [6.45, 7) is 2.02. The molecule has 0 spiro atoms. The summed E-state index contributed by atoms with van der Waals surface area (Å²) in [6.07, 6.45) is 0. The highest BCUT2D eigenvalue weighted by atomic mass is 16.1. The van der Waals surface area contributed by atoms with E-state index in [1.807, 2.05) is 61.5 Å². The summed E-state index contributed by atoms with van der Waals surface area (Å²) in [7, 11) is 0. The molecule has 0 fully saturated rings. The molecule has 0 bridgehead atoms. The van der Waals surface area contributed by atoms with Gasteiger partial charge in [-0.2, -0.15) is 0 Å². The Morgan fingerprint density at radius 3 is 2.44 bits per heavy atom. The lowest BCUT2D eigenvalue weighted by Crippen LogP contribution is -2.07. The van der Waals surface area contributed by atoms with E-state index >= 15 is 0 Å². The zero-order valence-corrected chi connectivity index (χ0v) is 10.1. The average Bonchev–Trinajstić information content (AvgIpc) is 2.41. The number of benzene rings is 2. The molecule has 0 saturated carbocycles. The number of rotatable bonds is 1. The monoisotopic (exact) mass is 235 g/mol. The van der Waals surface area contributed by atoms with Crippen molar-refractivity contribution in [2.45, 2.75) is 6.92 Å². The Hall–Kier alpha value is -2.35. The van der Waals surface area contributed by atoms with Crippen molar-refractivity contribution in [3.05, 3.63) is 70.5 Å². The van der Waals surface area contributed by atoms with Crippen molar-refractivity contribution in [3.8, 4) is 11.3 Å². The van der Waals surface area contributed by atoms with Gasteiger partial charge in [0.05, 0.1) is 0 Å². The highest BCUT2D eigenvalue weighted by Gasteiger charge is 2.05. The Kier molecular flexibility index (Phi) is 2.49. The molecule has 1 aromatic heterocycles. The summed E-state index contributed by atoms with van der Waals surface area (Å²) in [5.41, 5.74) is 2.98. The van der Waals surface area contributed by atoms with Gasteiger partial charge in [-0.25, -0.2) is 0 Å². The zero-order valence-electron chi connectivity index (χ0n) is 10.1. The maximum absolute atomic E-state index is 12.1. The second-order valence-corrected chi connectivity index (χ2v) is 4.41. The molecule has 3 rings (SSSR count). The molecule has 3 aromatic rings. The summed E-state index contributed by atoms with van der Waals surface area (Å²) in [5, 5.41) is 1.76. The number of pyridine rings is 1. The van der Waals surface area contributed by atoms with Gasteiger partial charge in [0, 0.05) is 11.1 Å². The first kappa shape index (κ1) is 10.8. The molecule has 0 saturated heterocycles. The Morgan fingerprint density at radius 2 is 1.67 bits per heavy atom. The quantitative estimate of drug-likeness (QED) is 0.688. The van der Waals surface area contributed by atoms with Gasteiger partial charge in [0.2, 0.25) is 0 Å². The van der Waals surface area contributed by atoms with Crippen molar-refractivity contribution in [2.24, 2.45) is 0 Å². The van der Waals surface area contributed by atoms with E-state index in [9.17, 15) is 4.79 Å². The third-order valence-corrected chi connectivity index (χ3v) is 3.19. The molecule has 2 heteroatoms. The number of aromatic nitrogens is 1. The third kappa shape index (κ3) is 1.72. The van der Waals surface area contributed by atoms with E-state index in [4.69, 9.17) is 0 Å². The Labute approximate surface area is 105 Å². The second-order valence-electron chi connectivity index (χ2n) is 4.41. The van der Waals surface area contributed by atoms with Crippen molar-refractivity contribution in [2.75, 3.05) is 0 Å². The number of fused-ring (bicyclic) bond motifs is 1. The summed E-state index contributed by atoms with van der Waals surface area (Å²) >= 11 is 0. The van der Waals surface area contributed by atoms with E-state index in [0.29, 0.717) is 0 Å². The second kappa shape index (κ2) is 4.15. The summed E-state index contributed by atoms with van der Waals surface area (Å²) < 4.78 is 0. The number of hydrogen-bond donors (Lipinski definition) is 1. The molecule has 2 aromatic carbocycles. The molecule has 18 heavy (non-hydrogen) atoms. The SMILES string of the molecule is Cc1cccc2c(=O)[nH]c(-c3ccccc3)cc12. The van der Waals surface area contributed by atoms with E-state index in [-0.39, 0.29) is 5.56 Å². The van der Waals surface area contributed by atoms with Crippen LogP contribution in [0.1, 0.15) is 5.56 Å². The minimum Gasteiger partial charge on any atom is -0.321 e. The Morgan fingerprint density at radius 1 is 0.889 bits per heavy atom. The molecule has 0 amide bonds. The van der Waals surface area contributed by atoms with Gasteiger partial charge in [-0.15, -0.1) is 0 Å². The van der Waals surface area contributed by atoms with Crippen molar-refractivity contribution in [1.29, 1.82) is 0 Å². The van der Waals surface area contributed by atoms with Gasteiger partial charge in [0.1, 0.15) is 0 Å². The van der Waals surface area contributed by atoms with Crippen molar-refractivity contribution >= 4 is 10.8 Å². The van der Waals surface area contributed by atoms with Crippen LogP contribution in [0.25, 0.3) is 22.0 Å². The first-order valence-corrected chi connectivity index (χ1v) is 5.94. The topological polar surface area (TPSA) is 32.9 Å². The van der Waals surface area contributed by atoms with E-state index in [0.717, 1.165) is 27.6 Å². The minimum absolute atomic E-state index is 0.0324. The molecule has 1 N–H and O–H groups in total. The van der Waals surface area contributed by atoms with Crippen LogP contribution in [0, 0.1) is 6.92 Å². The summed E-state index contributed by atoms with van der Waals surface area (Å²) in [4.78, 5) is 15.0. The van der Waals surface area contributed by atoms with Gasteiger partial charge in [0.15, 0.2) is 0 Å². The standard InChI is InChI=1S/C16H13NO/c1-11-6-5-9-13-14(11)10-15(17-16(13)18)12-7-3-2-4-8-12/h2-10H,1H3,(H,17,18). The van der Waals surface area contributed by atoms with E-state index in [2.05, 4.69) is 4.98 Å².